The third-order valence-electron chi connectivity index (χ3n) is 1.26. The molecule has 6 heteroatoms. The van der Waals surface area contributed by atoms with E-state index in [1.165, 1.54) is 0 Å². The highest BCUT2D eigenvalue weighted by Gasteiger charge is 2.05. The van der Waals surface area contributed by atoms with Crippen molar-refractivity contribution in [1.82, 2.24) is 0 Å². The van der Waals surface area contributed by atoms with Crippen molar-refractivity contribution in [2.75, 3.05) is 0 Å². The maximum absolute atomic E-state index is 10.4. The van der Waals surface area contributed by atoms with E-state index in [-0.39, 0.29) is 18.2 Å². The highest BCUT2D eigenvalue weighted by atomic mass is 79.9. The molecule has 0 aromatic heterocycles. The van der Waals surface area contributed by atoms with Gasteiger partial charge in [-0.1, -0.05) is 28.1 Å². The van der Waals surface area contributed by atoms with Gasteiger partial charge in [-0.25, -0.2) is 0 Å². The first-order valence-electron chi connectivity index (χ1n) is 3.17. The third kappa shape index (κ3) is 5.25. The van der Waals surface area contributed by atoms with Gasteiger partial charge >= 0.3 is 0 Å². The Labute approximate surface area is 91.4 Å². The minimum Gasteiger partial charge on any atom is -0.285 e. The molecule has 0 bridgehead atoms. The zero-order valence-electron chi connectivity index (χ0n) is 6.47. The molecular formula is C7H8BrClO3S. The summed E-state index contributed by atoms with van der Waals surface area (Å²) in [6.45, 7) is 0. The van der Waals surface area contributed by atoms with Gasteiger partial charge in [-0.2, -0.15) is 8.42 Å². The van der Waals surface area contributed by atoms with Crippen LogP contribution in [0.1, 0.15) is 5.56 Å². The Bertz CT molecular complexity index is 360. The molecule has 0 aliphatic carbocycles. The van der Waals surface area contributed by atoms with Crippen LogP contribution in [0.4, 0.5) is 0 Å². The first-order chi connectivity index (χ1) is 5.47. The van der Waals surface area contributed by atoms with Crippen molar-refractivity contribution in [1.29, 1.82) is 0 Å². The zero-order valence-corrected chi connectivity index (χ0v) is 9.69. The lowest BCUT2D eigenvalue weighted by Crippen LogP contribution is -2.00. The minimum absolute atomic E-state index is 0. The molecule has 13 heavy (non-hydrogen) atoms. The van der Waals surface area contributed by atoms with Crippen LogP contribution in [0.5, 0.6) is 0 Å². The zero-order chi connectivity index (χ0) is 9.19. The van der Waals surface area contributed by atoms with Crippen molar-refractivity contribution >= 4 is 38.5 Å². The molecule has 0 amide bonds. The van der Waals surface area contributed by atoms with Crippen LogP contribution in [0, 0.1) is 0 Å². The molecule has 0 radical (unpaired) electrons. The van der Waals surface area contributed by atoms with Gasteiger partial charge in [0.2, 0.25) is 0 Å². The molecule has 0 heterocycles. The number of benzene rings is 1. The summed E-state index contributed by atoms with van der Waals surface area (Å²) in [5, 5.41) is 0. The Morgan fingerprint density at radius 2 is 1.69 bits per heavy atom. The topological polar surface area (TPSA) is 54.4 Å². The second-order valence-corrected chi connectivity index (χ2v) is 4.72. The average Bonchev–Trinajstić information content (AvgIpc) is 1.91. The maximum Gasteiger partial charge on any atom is 0.269 e. The van der Waals surface area contributed by atoms with Gasteiger partial charge in [-0.3, -0.25) is 4.55 Å². The van der Waals surface area contributed by atoms with Crippen molar-refractivity contribution in [3.05, 3.63) is 34.3 Å². The molecule has 0 unspecified atom stereocenters. The van der Waals surface area contributed by atoms with Crippen LogP contribution in [0.15, 0.2) is 28.7 Å². The molecule has 1 aromatic rings. The molecule has 0 fully saturated rings. The number of rotatable bonds is 2. The summed E-state index contributed by atoms with van der Waals surface area (Å²) in [6, 6.07) is 6.72. The van der Waals surface area contributed by atoms with Crippen molar-refractivity contribution in [2.45, 2.75) is 5.75 Å². The predicted molar refractivity (Wildman–Crippen MR) is 56.6 cm³/mol. The van der Waals surface area contributed by atoms with Gasteiger partial charge in [0.05, 0.1) is 0 Å². The van der Waals surface area contributed by atoms with E-state index in [1.54, 1.807) is 24.3 Å². The van der Waals surface area contributed by atoms with Crippen LogP contribution in [0.25, 0.3) is 0 Å². The summed E-state index contributed by atoms with van der Waals surface area (Å²) in [7, 11) is -3.91. The number of halogens is 2. The first kappa shape index (κ1) is 12.9. The molecule has 1 aromatic carbocycles. The molecule has 0 saturated carbocycles. The Hall–Kier alpha value is -0.100. The van der Waals surface area contributed by atoms with Gasteiger partial charge in [0.15, 0.2) is 0 Å². The summed E-state index contributed by atoms with van der Waals surface area (Å²) in [5.74, 6) is -0.333. The van der Waals surface area contributed by atoms with E-state index >= 15 is 0 Å². The molecular weight excluding hydrogens is 279 g/mol. The fourth-order valence-corrected chi connectivity index (χ4v) is 1.67. The van der Waals surface area contributed by atoms with Gasteiger partial charge in [0.25, 0.3) is 10.1 Å². The van der Waals surface area contributed by atoms with E-state index in [2.05, 4.69) is 15.9 Å². The minimum atomic E-state index is -3.91. The van der Waals surface area contributed by atoms with E-state index < -0.39 is 10.1 Å². The van der Waals surface area contributed by atoms with Crippen LogP contribution >= 0.6 is 28.3 Å². The van der Waals surface area contributed by atoms with Gasteiger partial charge in [0.1, 0.15) is 5.75 Å². The second kappa shape index (κ2) is 4.95. The summed E-state index contributed by atoms with van der Waals surface area (Å²) in [5.41, 5.74) is 0.570. The van der Waals surface area contributed by atoms with Crippen LogP contribution < -0.4 is 0 Å². The standard InChI is InChI=1S/C7H7BrO3S.ClH/c8-7-3-1-6(2-4-7)5-12(9,10)11;/h1-4H,5H2,(H,9,10,11);1H. The van der Waals surface area contributed by atoms with Gasteiger partial charge < -0.3 is 0 Å². The lowest BCUT2D eigenvalue weighted by Gasteiger charge is -1.97. The monoisotopic (exact) mass is 286 g/mol. The average molecular weight is 288 g/mol. The van der Waals surface area contributed by atoms with Gasteiger partial charge in [-0.15, -0.1) is 12.4 Å². The van der Waals surface area contributed by atoms with Crippen molar-refractivity contribution in [3.8, 4) is 0 Å². The van der Waals surface area contributed by atoms with Crippen molar-refractivity contribution in [2.24, 2.45) is 0 Å². The molecule has 0 spiro atoms. The highest BCUT2D eigenvalue weighted by Crippen LogP contribution is 2.11. The number of hydrogen-bond donors (Lipinski definition) is 1. The second-order valence-electron chi connectivity index (χ2n) is 2.35. The van der Waals surface area contributed by atoms with Gasteiger partial charge in [-0.05, 0) is 17.7 Å². The normalized spacial score (nSPS) is 10.6. The van der Waals surface area contributed by atoms with Crippen molar-refractivity contribution < 1.29 is 13.0 Å². The lowest BCUT2D eigenvalue weighted by molar-refractivity contribution is 0.482. The van der Waals surface area contributed by atoms with Gasteiger partial charge in [0, 0.05) is 4.47 Å². The quantitative estimate of drug-likeness (QED) is 0.849. The van der Waals surface area contributed by atoms with E-state index in [9.17, 15) is 8.42 Å². The van der Waals surface area contributed by atoms with E-state index in [0.717, 1.165) is 4.47 Å². The molecule has 0 aliphatic rings. The van der Waals surface area contributed by atoms with Crippen molar-refractivity contribution in [3.63, 3.8) is 0 Å². The predicted octanol–water partition coefficient (Wildman–Crippen LogP) is 2.26. The molecule has 1 rings (SSSR count). The van der Waals surface area contributed by atoms with E-state index in [1.807, 2.05) is 0 Å². The first-order valence-corrected chi connectivity index (χ1v) is 5.57. The van der Waals surface area contributed by atoms with Crippen LogP contribution in [-0.2, 0) is 15.9 Å². The molecule has 0 saturated heterocycles. The lowest BCUT2D eigenvalue weighted by atomic mass is 10.2. The van der Waals surface area contributed by atoms with Crippen LogP contribution in [0.2, 0.25) is 0 Å². The van der Waals surface area contributed by atoms with E-state index in [4.69, 9.17) is 4.55 Å². The molecule has 0 atom stereocenters. The summed E-state index contributed by atoms with van der Waals surface area (Å²) >= 11 is 3.21. The Kier molecular flexibility index (Phi) is 4.91. The Morgan fingerprint density at radius 3 is 2.08 bits per heavy atom. The largest absolute Gasteiger partial charge is 0.285 e. The van der Waals surface area contributed by atoms with E-state index in [0.29, 0.717) is 5.56 Å². The third-order valence-corrected chi connectivity index (χ3v) is 2.49. The Balaban J connectivity index is 0.00000144. The highest BCUT2D eigenvalue weighted by molar-refractivity contribution is 9.10. The van der Waals surface area contributed by atoms with Crippen LogP contribution in [0.3, 0.4) is 0 Å². The molecule has 74 valence electrons. The van der Waals surface area contributed by atoms with Crippen LogP contribution in [-0.4, -0.2) is 13.0 Å². The SMILES string of the molecule is Cl.O=S(=O)(O)Cc1ccc(Br)cc1. The fourth-order valence-electron chi connectivity index (χ4n) is 0.791. The summed E-state index contributed by atoms with van der Waals surface area (Å²) in [4.78, 5) is 0. The summed E-state index contributed by atoms with van der Waals surface area (Å²) in [6.07, 6.45) is 0. The molecule has 3 nitrogen and oxygen atoms in total. The Morgan fingerprint density at radius 1 is 1.23 bits per heavy atom. The molecule has 1 N–H and O–H groups in total. The molecule has 0 aliphatic heterocycles. The number of hydrogen-bond acceptors (Lipinski definition) is 2. The smallest absolute Gasteiger partial charge is 0.269 e. The maximum atomic E-state index is 10.4. The fraction of sp³-hybridized carbons (Fsp3) is 0.143. The summed E-state index contributed by atoms with van der Waals surface area (Å²) < 4.78 is 30.2.